The smallest absolute Gasteiger partial charge is 0.319 e. The fourth-order valence-electron chi connectivity index (χ4n) is 1.88. The Morgan fingerprint density at radius 1 is 1.27 bits per heavy atom. The maximum Gasteiger partial charge on any atom is 0.319 e. The fourth-order valence-corrected chi connectivity index (χ4v) is 2.83. The highest BCUT2D eigenvalue weighted by atomic mass is 35.5. The van der Waals surface area contributed by atoms with E-state index in [-0.39, 0.29) is 6.03 Å². The zero-order valence-corrected chi connectivity index (χ0v) is 13.9. The molecule has 0 fully saturated rings. The lowest BCUT2D eigenvalue weighted by atomic mass is 10.2. The molecule has 0 radical (unpaired) electrons. The van der Waals surface area contributed by atoms with Crippen molar-refractivity contribution in [1.82, 2.24) is 5.32 Å². The first-order valence-corrected chi connectivity index (χ1v) is 7.88. The number of anilines is 1. The van der Waals surface area contributed by atoms with Gasteiger partial charge in [-0.25, -0.2) is 4.79 Å². The highest BCUT2D eigenvalue weighted by molar-refractivity contribution is 7.09. The lowest BCUT2D eigenvalue weighted by Gasteiger charge is -2.13. The molecule has 0 aliphatic carbocycles. The minimum absolute atomic E-state index is 0.309. The highest BCUT2D eigenvalue weighted by Gasteiger charge is 2.12. The summed E-state index contributed by atoms with van der Waals surface area (Å²) in [6.45, 7) is 0.554. The van der Waals surface area contributed by atoms with Crippen molar-refractivity contribution in [3.8, 4) is 11.5 Å². The van der Waals surface area contributed by atoms with E-state index in [1.165, 1.54) is 19.1 Å². The zero-order valence-electron chi connectivity index (χ0n) is 12.3. The molecule has 118 valence electrons. The first kappa shape index (κ1) is 16.5. The maximum absolute atomic E-state index is 11.9. The van der Waals surface area contributed by atoms with Crippen molar-refractivity contribution < 1.29 is 14.3 Å². The number of hydrogen-bond acceptors (Lipinski definition) is 4. The zero-order chi connectivity index (χ0) is 15.9. The first-order chi connectivity index (χ1) is 10.6. The molecule has 2 N–H and O–H groups in total. The molecule has 0 atom stereocenters. The molecule has 0 saturated heterocycles. The van der Waals surface area contributed by atoms with Crippen LogP contribution in [-0.4, -0.2) is 26.8 Å². The molecule has 0 unspecified atom stereocenters. The Balaban J connectivity index is 1.94. The second-order valence-corrected chi connectivity index (χ2v) is 5.84. The number of methoxy groups -OCH3 is 2. The van der Waals surface area contributed by atoms with Crippen molar-refractivity contribution in [2.45, 2.75) is 6.42 Å². The van der Waals surface area contributed by atoms with Crippen molar-refractivity contribution in [1.29, 1.82) is 0 Å². The van der Waals surface area contributed by atoms with Crippen LogP contribution in [0.5, 0.6) is 11.5 Å². The summed E-state index contributed by atoms with van der Waals surface area (Å²) in [6, 6.07) is 6.94. The largest absolute Gasteiger partial charge is 0.495 e. The SMILES string of the molecule is COc1cc(OC)c(NC(=O)NCCc2cccs2)cc1Cl. The number of amides is 2. The molecule has 2 aromatic rings. The van der Waals surface area contributed by atoms with Crippen LogP contribution in [-0.2, 0) is 6.42 Å². The highest BCUT2D eigenvalue weighted by Crippen LogP contribution is 2.35. The molecule has 0 spiro atoms. The van der Waals surface area contributed by atoms with Crippen LogP contribution in [0, 0.1) is 0 Å². The Morgan fingerprint density at radius 2 is 2.05 bits per heavy atom. The van der Waals surface area contributed by atoms with Crippen LogP contribution in [0.2, 0.25) is 5.02 Å². The van der Waals surface area contributed by atoms with Crippen molar-refractivity contribution in [3.63, 3.8) is 0 Å². The van der Waals surface area contributed by atoms with Crippen molar-refractivity contribution in [2.24, 2.45) is 0 Å². The van der Waals surface area contributed by atoms with E-state index in [0.717, 1.165) is 6.42 Å². The number of rotatable bonds is 6. The van der Waals surface area contributed by atoms with Gasteiger partial charge in [-0.3, -0.25) is 0 Å². The van der Waals surface area contributed by atoms with Gasteiger partial charge in [0.05, 0.1) is 24.9 Å². The maximum atomic E-state index is 11.9. The van der Waals surface area contributed by atoms with Crippen LogP contribution in [0.3, 0.4) is 0 Å². The molecular formula is C15H17ClN2O3S. The lowest BCUT2D eigenvalue weighted by Crippen LogP contribution is -2.30. The van der Waals surface area contributed by atoms with Gasteiger partial charge in [-0.15, -0.1) is 11.3 Å². The Bertz CT molecular complexity index is 632. The van der Waals surface area contributed by atoms with E-state index in [2.05, 4.69) is 10.6 Å². The predicted molar refractivity (Wildman–Crippen MR) is 89.6 cm³/mol. The van der Waals surface area contributed by atoms with Crippen LogP contribution in [0.15, 0.2) is 29.6 Å². The van der Waals surface area contributed by atoms with Gasteiger partial charge in [0.25, 0.3) is 0 Å². The van der Waals surface area contributed by atoms with E-state index >= 15 is 0 Å². The van der Waals surface area contributed by atoms with Gasteiger partial charge in [0.2, 0.25) is 0 Å². The second-order valence-electron chi connectivity index (χ2n) is 4.40. The van der Waals surface area contributed by atoms with Gasteiger partial charge in [0.15, 0.2) is 0 Å². The third-order valence-corrected chi connectivity index (χ3v) is 4.19. The number of thiophene rings is 1. The number of benzene rings is 1. The Morgan fingerprint density at radius 3 is 2.68 bits per heavy atom. The van der Waals surface area contributed by atoms with E-state index in [0.29, 0.717) is 28.8 Å². The normalized spacial score (nSPS) is 10.1. The molecule has 22 heavy (non-hydrogen) atoms. The summed E-state index contributed by atoms with van der Waals surface area (Å²) >= 11 is 7.73. The fraction of sp³-hybridized carbons (Fsp3) is 0.267. The van der Waals surface area contributed by atoms with Crippen molar-refractivity contribution in [3.05, 3.63) is 39.5 Å². The molecule has 1 aromatic carbocycles. The van der Waals surface area contributed by atoms with Crippen LogP contribution < -0.4 is 20.1 Å². The number of nitrogens with one attached hydrogen (secondary N) is 2. The average molecular weight is 341 g/mol. The van der Waals surface area contributed by atoms with Gasteiger partial charge in [-0.1, -0.05) is 17.7 Å². The van der Waals surface area contributed by atoms with E-state index in [9.17, 15) is 4.79 Å². The summed E-state index contributed by atoms with van der Waals surface area (Å²) in [4.78, 5) is 13.2. The van der Waals surface area contributed by atoms with E-state index in [4.69, 9.17) is 21.1 Å². The molecule has 1 heterocycles. The Kier molecular flexibility index (Phi) is 5.91. The van der Waals surface area contributed by atoms with Crippen LogP contribution in [0.4, 0.5) is 10.5 Å². The van der Waals surface area contributed by atoms with E-state index < -0.39 is 0 Å². The Hall–Kier alpha value is -1.92. The van der Waals surface area contributed by atoms with Gasteiger partial charge < -0.3 is 20.1 Å². The summed E-state index contributed by atoms with van der Waals surface area (Å²) in [5.41, 5.74) is 0.488. The number of halogens is 1. The molecular weight excluding hydrogens is 324 g/mol. The topological polar surface area (TPSA) is 59.6 Å². The Labute approximate surface area is 138 Å². The summed E-state index contributed by atoms with van der Waals surface area (Å²) in [6.07, 6.45) is 0.797. The van der Waals surface area contributed by atoms with Crippen LogP contribution >= 0.6 is 22.9 Å². The van der Waals surface area contributed by atoms with Gasteiger partial charge in [-0.05, 0) is 23.9 Å². The number of urea groups is 1. The average Bonchev–Trinajstić information content (AvgIpc) is 3.01. The molecule has 2 amide bonds. The summed E-state index contributed by atoms with van der Waals surface area (Å²) in [5.74, 6) is 0.969. The number of carbonyl (C=O) groups is 1. The quantitative estimate of drug-likeness (QED) is 0.841. The number of hydrogen-bond donors (Lipinski definition) is 2. The number of ether oxygens (including phenoxy) is 2. The van der Waals surface area contributed by atoms with Crippen LogP contribution in [0.25, 0.3) is 0 Å². The summed E-state index contributed by atoms with van der Waals surface area (Å²) in [5, 5.41) is 7.93. The van der Waals surface area contributed by atoms with Crippen molar-refractivity contribution >= 4 is 34.7 Å². The monoisotopic (exact) mass is 340 g/mol. The van der Waals surface area contributed by atoms with Gasteiger partial charge in [0.1, 0.15) is 11.5 Å². The minimum atomic E-state index is -0.309. The van der Waals surface area contributed by atoms with Gasteiger partial charge in [-0.2, -0.15) is 0 Å². The number of carbonyl (C=O) groups excluding carboxylic acids is 1. The molecule has 1 aromatic heterocycles. The van der Waals surface area contributed by atoms with E-state index in [1.54, 1.807) is 23.5 Å². The van der Waals surface area contributed by atoms with Crippen molar-refractivity contribution in [2.75, 3.05) is 26.1 Å². The first-order valence-electron chi connectivity index (χ1n) is 6.62. The molecule has 5 nitrogen and oxygen atoms in total. The van der Waals surface area contributed by atoms with E-state index in [1.807, 2.05) is 17.5 Å². The molecule has 7 heteroatoms. The van der Waals surface area contributed by atoms with Gasteiger partial charge in [0, 0.05) is 17.5 Å². The third kappa shape index (κ3) is 4.29. The summed E-state index contributed by atoms with van der Waals surface area (Å²) < 4.78 is 10.3. The third-order valence-electron chi connectivity index (χ3n) is 2.96. The lowest BCUT2D eigenvalue weighted by molar-refractivity contribution is 0.252. The van der Waals surface area contributed by atoms with Crippen LogP contribution in [0.1, 0.15) is 4.88 Å². The minimum Gasteiger partial charge on any atom is -0.495 e. The van der Waals surface area contributed by atoms with Gasteiger partial charge >= 0.3 is 6.03 Å². The predicted octanol–water partition coefficient (Wildman–Crippen LogP) is 3.78. The molecule has 0 saturated carbocycles. The second kappa shape index (κ2) is 7.91. The molecule has 2 rings (SSSR count). The molecule has 0 aliphatic rings. The molecule has 0 aliphatic heterocycles. The summed E-state index contributed by atoms with van der Waals surface area (Å²) in [7, 11) is 3.04. The molecule has 0 bridgehead atoms. The standard InChI is InChI=1S/C15H17ClN2O3S/c1-20-13-9-14(21-2)12(8-11(13)16)18-15(19)17-6-5-10-4-3-7-22-10/h3-4,7-9H,5-6H2,1-2H3,(H2,17,18,19).